The van der Waals surface area contributed by atoms with Gasteiger partial charge in [0.2, 0.25) is 0 Å². The zero-order valence-electron chi connectivity index (χ0n) is 8.79. The Kier molecular flexibility index (Phi) is 3.82. The topological polar surface area (TPSA) is 40.5 Å². The number of carbonyl (C=O) groups is 1. The highest BCUT2D eigenvalue weighted by Gasteiger charge is 2.24. The maximum atomic E-state index is 10.7. The Hall–Kier alpha value is -1.17. The van der Waals surface area contributed by atoms with Crippen LogP contribution in [0.25, 0.3) is 0 Å². The quantitative estimate of drug-likeness (QED) is 0.650. The largest absolute Gasteiger partial charge is 0.465 e. The van der Waals surface area contributed by atoms with Gasteiger partial charge in [-0.2, -0.15) is 0 Å². The Balaban J connectivity index is 2.41. The van der Waals surface area contributed by atoms with Crippen molar-refractivity contribution in [1.82, 2.24) is 4.90 Å². The molecule has 0 aliphatic carbocycles. The second kappa shape index (κ2) is 4.90. The normalized spacial score (nSPS) is 19.7. The molecular weight excluding hydrogens is 178 g/mol. The fourth-order valence-electron chi connectivity index (χ4n) is 1.94. The highest BCUT2D eigenvalue weighted by Crippen LogP contribution is 2.24. The van der Waals surface area contributed by atoms with Crippen LogP contribution in [0.4, 0.5) is 4.79 Å². The molecule has 0 aromatic heterocycles. The lowest BCUT2D eigenvalue weighted by atomic mass is 9.86. The van der Waals surface area contributed by atoms with Crippen molar-refractivity contribution in [1.29, 1.82) is 0 Å². The van der Waals surface area contributed by atoms with Gasteiger partial charge in [0.05, 0.1) is 0 Å². The van der Waals surface area contributed by atoms with E-state index in [0.717, 1.165) is 12.8 Å². The number of piperidine rings is 1. The second-order valence-electron chi connectivity index (χ2n) is 3.79. The molecule has 1 aliphatic heterocycles. The zero-order chi connectivity index (χ0) is 10.6. The van der Waals surface area contributed by atoms with E-state index in [0.29, 0.717) is 24.9 Å². The smallest absolute Gasteiger partial charge is 0.407 e. The first kappa shape index (κ1) is 10.9. The molecule has 1 fully saturated rings. The van der Waals surface area contributed by atoms with Crippen LogP contribution in [-0.2, 0) is 0 Å². The third kappa shape index (κ3) is 2.66. The molecule has 0 spiro atoms. The molecule has 0 saturated carbocycles. The minimum atomic E-state index is -0.794. The van der Waals surface area contributed by atoms with Crippen molar-refractivity contribution in [2.45, 2.75) is 26.7 Å². The molecule has 78 valence electrons. The molecular formula is C11H17NO2. The summed E-state index contributed by atoms with van der Waals surface area (Å²) in [6, 6.07) is 0. The predicted molar refractivity (Wildman–Crippen MR) is 54.9 cm³/mol. The van der Waals surface area contributed by atoms with E-state index in [4.69, 9.17) is 5.11 Å². The lowest BCUT2D eigenvalue weighted by Gasteiger charge is -2.31. The number of carboxylic acid groups (broad SMARTS) is 1. The van der Waals surface area contributed by atoms with E-state index >= 15 is 0 Å². The summed E-state index contributed by atoms with van der Waals surface area (Å²) in [5, 5.41) is 8.76. The second-order valence-corrected chi connectivity index (χ2v) is 3.79. The zero-order valence-corrected chi connectivity index (χ0v) is 8.79. The molecule has 1 saturated heterocycles. The van der Waals surface area contributed by atoms with Gasteiger partial charge in [0.25, 0.3) is 0 Å². The van der Waals surface area contributed by atoms with Crippen molar-refractivity contribution in [3.05, 3.63) is 0 Å². The minimum absolute atomic E-state index is 0.399. The maximum absolute atomic E-state index is 10.7. The lowest BCUT2D eigenvalue weighted by molar-refractivity contribution is 0.119. The fraction of sp³-hybridized carbons (Fsp3) is 0.727. The van der Waals surface area contributed by atoms with Crippen molar-refractivity contribution in [2.75, 3.05) is 13.1 Å². The van der Waals surface area contributed by atoms with Gasteiger partial charge < -0.3 is 10.0 Å². The minimum Gasteiger partial charge on any atom is -0.465 e. The van der Waals surface area contributed by atoms with Crippen molar-refractivity contribution in [3.8, 4) is 11.8 Å². The van der Waals surface area contributed by atoms with Gasteiger partial charge in [-0.25, -0.2) is 4.79 Å². The molecule has 1 amide bonds. The SMILES string of the molecule is CC#CC(C)C1CCN(C(=O)O)CC1. The maximum Gasteiger partial charge on any atom is 0.407 e. The number of likely N-dealkylation sites (tertiary alicyclic amines) is 1. The average Bonchev–Trinajstić information content (AvgIpc) is 2.18. The van der Waals surface area contributed by atoms with E-state index in [1.807, 2.05) is 6.92 Å². The van der Waals surface area contributed by atoms with E-state index in [-0.39, 0.29) is 0 Å². The van der Waals surface area contributed by atoms with Crippen LogP contribution in [0.2, 0.25) is 0 Å². The number of hydrogen-bond donors (Lipinski definition) is 1. The molecule has 1 unspecified atom stereocenters. The van der Waals surface area contributed by atoms with E-state index in [9.17, 15) is 4.79 Å². The Morgan fingerprint density at radius 1 is 1.50 bits per heavy atom. The molecule has 3 heteroatoms. The van der Waals surface area contributed by atoms with Crippen LogP contribution in [0, 0.1) is 23.7 Å². The van der Waals surface area contributed by atoms with Gasteiger partial charge in [0.1, 0.15) is 0 Å². The van der Waals surface area contributed by atoms with Crippen LogP contribution >= 0.6 is 0 Å². The van der Waals surface area contributed by atoms with Gasteiger partial charge in [-0.05, 0) is 25.7 Å². The van der Waals surface area contributed by atoms with Crippen LogP contribution in [0.15, 0.2) is 0 Å². The first-order valence-electron chi connectivity index (χ1n) is 5.05. The summed E-state index contributed by atoms with van der Waals surface area (Å²) < 4.78 is 0. The average molecular weight is 195 g/mol. The highest BCUT2D eigenvalue weighted by atomic mass is 16.4. The standard InChI is InChI=1S/C11H17NO2/c1-3-4-9(2)10-5-7-12(8-6-10)11(13)14/h9-10H,5-8H2,1-2H3,(H,13,14). The summed E-state index contributed by atoms with van der Waals surface area (Å²) in [7, 11) is 0. The summed E-state index contributed by atoms with van der Waals surface area (Å²) in [6.07, 6.45) is 1.10. The number of hydrogen-bond acceptors (Lipinski definition) is 1. The Labute approximate surface area is 85.1 Å². The first-order chi connectivity index (χ1) is 6.65. The van der Waals surface area contributed by atoms with Gasteiger partial charge in [-0.15, -0.1) is 11.8 Å². The number of nitrogens with zero attached hydrogens (tertiary/aromatic N) is 1. The van der Waals surface area contributed by atoms with Crippen LogP contribution in [-0.4, -0.2) is 29.2 Å². The number of rotatable bonds is 1. The Morgan fingerprint density at radius 3 is 2.50 bits per heavy atom. The summed E-state index contributed by atoms with van der Waals surface area (Å²) in [5.74, 6) is 7.03. The van der Waals surface area contributed by atoms with Gasteiger partial charge in [-0.1, -0.05) is 6.92 Å². The molecule has 1 rings (SSSR count). The van der Waals surface area contributed by atoms with Crippen molar-refractivity contribution < 1.29 is 9.90 Å². The van der Waals surface area contributed by atoms with Crippen LogP contribution in [0.1, 0.15) is 26.7 Å². The van der Waals surface area contributed by atoms with Crippen LogP contribution in [0.3, 0.4) is 0 Å². The summed E-state index contributed by atoms with van der Waals surface area (Å²) >= 11 is 0. The Morgan fingerprint density at radius 2 is 2.07 bits per heavy atom. The molecule has 1 atom stereocenters. The molecule has 3 nitrogen and oxygen atoms in total. The molecule has 1 N–H and O–H groups in total. The van der Waals surface area contributed by atoms with E-state index < -0.39 is 6.09 Å². The van der Waals surface area contributed by atoms with Crippen molar-refractivity contribution in [3.63, 3.8) is 0 Å². The fourth-order valence-corrected chi connectivity index (χ4v) is 1.94. The van der Waals surface area contributed by atoms with Gasteiger partial charge >= 0.3 is 6.09 Å². The molecule has 1 aliphatic rings. The Bertz CT molecular complexity index is 256. The first-order valence-corrected chi connectivity index (χ1v) is 5.05. The van der Waals surface area contributed by atoms with E-state index in [2.05, 4.69) is 18.8 Å². The van der Waals surface area contributed by atoms with E-state index in [1.165, 1.54) is 4.90 Å². The van der Waals surface area contributed by atoms with Gasteiger partial charge in [0, 0.05) is 19.0 Å². The third-order valence-electron chi connectivity index (χ3n) is 2.89. The molecule has 1 heterocycles. The molecule has 0 bridgehead atoms. The monoisotopic (exact) mass is 195 g/mol. The predicted octanol–water partition coefficient (Wildman–Crippen LogP) is 2.04. The highest BCUT2D eigenvalue weighted by molar-refractivity contribution is 5.64. The lowest BCUT2D eigenvalue weighted by Crippen LogP contribution is -2.38. The summed E-state index contributed by atoms with van der Waals surface area (Å²) in [6.45, 7) is 5.30. The van der Waals surface area contributed by atoms with Gasteiger partial charge in [-0.3, -0.25) is 0 Å². The number of amides is 1. The van der Waals surface area contributed by atoms with Crippen molar-refractivity contribution in [2.24, 2.45) is 11.8 Å². The van der Waals surface area contributed by atoms with Gasteiger partial charge in [0.15, 0.2) is 0 Å². The summed E-state index contributed by atoms with van der Waals surface area (Å²) in [4.78, 5) is 12.1. The summed E-state index contributed by atoms with van der Waals surface area (Å²) in [5.41, 5.74) is 0. The molecule has 0 aromatic rings. The van der Waals surface area contributed by atoms with E-state index in [1.54, 1.807) is 0 Å². The third-order valence-corrected chi connectivity index (χ3v) is 2.89. The van der Waals surface area contributed by atoms with Crippen LogP contribution in [0.5, 0.6) is 0 Å². The van der Waals surface area contributed by atoms with Crippen molar-refractivity contribution >= 4 is 6.09 Å². The molecule has 14 heavy (non-hydrogen) atoms. The molecule has 0 radical (unpaired) electrons. The van der Waals surface area contributed by atoms with Crippen LogP contribution < -0.4 is 0 Å². The molecule has 0 aromatic carbocycles.